The van der Waals surface area contributed by atoms with Crippen LogP contribution in [0.5, 0.6) is 11.5 Å². The number of phenolic OH excluding ortho intramolecular Hbond substituents is 1. The Morgan fingerprint density at radius 2 is 2.00 bits per heavy atom. The number of hydrogen-bond acceptors (Lipinski definition) is 3. The minimum Gasteiger partial charge on any atom is -0.508 e. The second-order valence-corrected chi connectivity index (χ2v) is 3.74. The molecule has 1 aromatic rings. The third-order valence-corrected chi connectivity index (χ3v) is 2.72. The van der Waals surface area contributed by atoms with E-state index in [0.717, 1.165) is 0 Å². The summed E-state index contributed by atoms with van der Waals surface area (Å²) in [7, 11) is 1.55. The molecule has 0 aliphatic heterocycles. The Kier molecular flexibility index (Phi) is 4.82. The van der Waals surface area contributed by atoms with Gasteiger partial charge in [-0.15, -0.1) is 0 Å². The molecule has 0 saturated heterocycles. The van der Waals surface area contributed by atoms with Gasteiger partial charge in [0.15, 0.2) is 0 Å². The summed E-state index contributed by atoms with van der Waals surface area (Å²) in [6.07, 6.45) is 0.249. The van der Waals surface area contributed by atoms with E-state index < -0.39 is 0 Å². The first-order valence-corrected chi connectivity index (χ1v) is 5.76. The summed E-state index contributed by atoms with van der Waals surface area (Å²) in [6, 6.07) is 4.78. The van der Waals surface area contributed by atoms with Gasteiger partial charge in [0.2, 0.25) is 5.91 Å². The normalized spacial score (nSPS) is 10.1. The van der Waals surface area contributed by atoms with Crippen molar-refractivity contribution in [3.63, 3.8) is 0 Å². The zero-order valence-corrected chi connectivity index (χ0v) is 10.6. The second kappa shape index (κ2) is 6.13. The largest absolute Gasteiger partial charge is 0.508 e. The number of benzene rings is 1. The van der Waals surface area contributed by atoms with Gasteiger partial charge in [0.05, 0.1) is 13.5 Å². The summed E-state index contributed by atoms with van der Waals surface area (Å²) < 4.78 is 5.17. The fraction of sp³-hybridized carbons (Fsp3) is 0.462. The van der Waals surface area contributed by atoms with Crippen LogP contribution in [0.1, 0.15) is 19.4 Å². The fourth-order valence-electron chi connectivity index (χ4n) is 1.75. The molecule has 0 unspecified atom stereocenters. The first-order chi connectivity index (χ1) is 8.12. The second-order valence-electron chi connectivity index (χ2n) is 3.74. The van der Waals surface area contributed by atoms with Crippen molar-refractivity contribution < 1.29 is 14.6 Å². The molecule has 0 spiro atoms. The minimum absolute atomic E-state index is 0.0406. The molecule has 0 aliphatic carbocycles. The SMILES string of the molecule is CCN(CC)C(=O)Cc1cc(O)ccc1OC. The van der Waals surface area contributed by atoms with Gasteiger partial charge in [-0.1, -0.05) is 0 Å². The number of aromatic hydroxyl groups is 1. The lowest BCUT2D eigenvalue weighted by Crippen LogP contribution is -2.31. The lowest BCUT2D eigenvalue weighted by atomic mass is 10.1. The van der Waals surface area contributed by atoms with Crippen LogP contribution in [0.2, 0.25) is 0 Å². The van der Waals surface area contributed by atoms with Gasteiger partial charge >= 0.3 is 0 Å². The maximum atomic E-state index is 11.9. The van der Waals surface area contributed by atoms with Crippen LogP contribution in [0.25, 0.3) is 0 Å². The van der Waals surface area contributed by atoms with E-state index in [0.29, 0.717) is 24.4 Å². The lowest BCUT2D eigenvalue weighted by molar-refractivity contribution is -0.130. The van der Waals surface area contributed by atoms with Crippen molar-refractivity contribution in [1.29, 1.82) is 0 Å². The highest BCUT2D eigenvalue weighted by Crippen LogP contribution is 2.24. The Hall–Kier alpha value is -1.71. The van der Waals surface area contributed by atoms with Crippen LogP contribution in [0, 0.1) is 0 Å². The Labute approximate surface area is 102 Å². The molecular formula is C13H19NO3. The molecule has 0 radical (unpaired) electrons. The molecule has 4 nitrogen and oxygen atoms in total. The zero-order valence-electron chi connectivity index (χ0n) is 10.6. The number of amides is 1. The van der Waals surface area contributed by atoms with Crippen LogP contribution in [0.15, 0.2) is 18.2 Å². The number of ether oxygens (including phenoxy) is 1. The summed E-state index contributed by atoms with van der Waals surface area (Å²) >= 11 is 0. The van der Waals surface area contributed by atoms with Crippen LogP contribution in [0.4, 0.5) is 0 Å². The van der Waals surface area contributed by atoms with Crippen LogP contribution in [-0.4, -0.2) is 36.1 Å². The van der Waals surface area contributed by atoms with Crippen molar-refractivity contribution in [2.24, 2.45) is 0 Å². The molecule has 1 N–H and O–H groups in total. The topological polar surface area (TPSA) is 49.8 Å². The fourth-order valence-corrected chi connectivity index (χ4v) is 1.75. The van der Waals surface area contributed by atoms with Crippen molar-refractivity contribution in [1.82, 2.24) is 4.90 Å². The molecule has 0 bridgehead atoms. The zero-order chi connectivity index (χ0) is 12.8. The van der Waals surface area contributed by atoms with Gasteiger partial charge in [0, 0.05) is 18.7 Å². The van der Waals surface area contributed by atoms with Crippen LogP contribution >= 0.6 is 0 Å². The highest BCUT2D eigenvalue weighted by atomic mass is 16.5. The monoisotopic (exact) mass is 237 g/mol. The Morgan fingerprint density at radius 1 is 1.35 bits per heavy atom. The maximum absolute atomic E-state index is 11.9. The molecule has 4 heteroatoms. The van der Waals surface area contributed by atoms with Crippen LogP contribution in [0.3, 0.4) is 0 Å². The van der Waals surface area contributed by atoms with Crippen molar-refractivity contribution in [2.45, 2.75) is 20.3 Å². The third kappa shape index (κ3) is 3.37. The minimum atomic E-state index is 0.0406. The van der Waals surface area contributed by atoms with Crippen molar-refractivity contribution in [2.75, 3.05) is 20.2 Å². The standard InChI is InChI=1S/C13H19NO3/c1-4-14(5-2)13(16)9-10-8-11(15)6-7-12(10)17-3/h6-8,15H,4-5,9H2,1-3H3. The number of likely N-dealkylation sites (N-methyl/N-ethyl adjacent to an activating group) is 1. The quantitative estimate of drug-likeness (QED) is 0.849. The number of hydrogen-bond donors (Lipinski definition) is 1. The van der Waals surface area contributed by atoms with Crippen molar-refractivity contribution in [3.8, 4) is 11.5 Å². The maximum Gasteiger partial charge on any atom is 0.227 e. The lowest BCUT2D eigenvalue weighted by Gasteiger charge is -2.19. The van der Waals surface area contributed by atoms with E-state index in [2.05, 4.69) is 0 Å². The van der Waals surface area contributed by atoms with Gasteiger partial charge in [0.25, 0.3) is 0 Å². The first-order valence-electron chi connectivity index (χ1n) is 5.76. The smallest absolute Gasteiger partial charge is 0.227 e. The van der Waals surface area contributed by atoms with Crippen LogP contribution in [-0.2, 0) is 11.2 Å². The summed E-state index contributed by atoms with van der Waals surface area (Å²) in [4.78, 5) is 13.7. The Balaban J connectivity index is 2.86. The predicted octanol–water partition coefficient (Wildman–Crippen LogP) is 1.81. The third-order valence-electron chi connectivity index (χ3n) is 2.72. The summed E-state index contributed by atoms with van der Waals surface area (Å²) in [5.41, 5.74) is 0.712. The number of methoxy groups -OCH3 is 1. The van der Waals surface area contributed by atoms with Crippen molar-refractivity contribution >= 4 is 5.91 Å². The molecule has 17 heavy (non-hydrogen) atoms. The number of carbonyl (C=O) groups excluding carboxylic acids is 1. The average Bonchev–Trinajstić information content (AvgIpc) is 2.31. The molecule has 0 aliphatic rings. The molecule has 1 rings (SSSR count). The van der Waals surface area contributed by atoms with Crippen molar-refractivity contribution in [3.05, 3.63) is 23.8 Å². The number of carbonyl (C=O) groups is 1. The molecule has 0 atom stereocenters. The molecule has 0 saturated carbocycles. The van der Waals surface area contributed by atoms with Crippen LogP contribution < -0.4 is 4.74 Å². The van der Waals surface area contributed by atoms with E-state index in [9.17, 15) is 9.90 Å². The Bertz CT molecular complexity index is 386. The van der Waals surface area contributed by atoms with Gasteiger partial charge < -0.3 is 14.7 Å². The average molecular weight is 237 g/mol. The summed E-state index contributed by atoms with van der Waals surface area (Å²) in [5.74, 6) is 0.815. The molecule has 0 fully saturated rings. The van der Waals surface area contributed by atoms with E-state index in [1.807, 2.05) is 13.8 Å². The number of phenols is 1. The highest BCUT2D eigenvalue weighted by Gasteiger charge is 2.13. The van der Waals surface area contributed by atoms with E-state index in [-0.39, 0.29) is 18.1 Å². The van der Waals surface area contributed by atoms with Gasteiger partial charge in [-0.05, 0) is 32.0 Å². The Morgan fingerprint density at radius 3 is 2.53 bits per heavy atom. The molecule has 1 amide bonds. The predicted molar refractivity (Wildman–Crippen MR) is 66.3 cm³/mol. The molecule has 94 valence electrons. The van der Waals surface area contributed by atoms with Gasteiger partial charge in [-0.2, -0.15) is 0 Å². The van der Waals surface area contributed by atoms with Gasteiger partial charge in [-0.3, -0.25) is 4.79 Å². The molecule has 0 heterocycles. The number of nitrogens with zero attached hydrogens (tertiary/aromatic N) is 1. The van der Waals surface area contributed by atoms with E-state index >= 15 is 0 Å². The van der Waals surface area contributed by atoms with Gasteiger partial charge in [0.1, 0.15) is 11.5 Å². The van der Waals surface area contributed by atoms with E-state index in [1.54, 1.807) is 30.2 Å². The first kappa shape index (κ1) is 13.4. The number of rotatable bonds is 5. The van der Waals surface area contributed by atoms with E-state index in [4.69, 9.17) is 4.74 Å². The summed E-state index contributed by atoms with van der Waals surface area (Å²) in [5, 5.41) is 9.42. The van der Waals surface area contributed by atoms with Gasteiger partial charge in [-0.25, -0.2) is 0 Å². The molecule has 0 aromatic heterocycles. The molecular weight excluding hydrogens is 218 g/mol. The highest BCUT2D eigenvalue weighted by molar-refractivity contribution is 5.79. The van der Waals surface area contributed by atoms with E-state index in [1.165, 1.54) is 0 Å². The molecule has 1 aromatic carbocycles. The summed E-state index contributed by atoms with van der Waals surface area (Å²) in [6.45, 7) is 5.27.